The van der Waals surface area contributed by atoms with Crippen LogP contribution in [0, 0.1) is 45.3 Å². The minimum Gasteiger partial charge on any atom is -0.506 e. The van der Waals surface area contributed by atoms with Crippen molar-refractivity contribution in [2.24, 2.45) is 45.3 Å². The Kier molecular flexibility index (Phi) is 16.6. The molecule has 0 spiro atoms. The molecule has 0 radical (unpaired) electrons. The van der Waals surface area contributed by atoms with Crippen molar-refractivity contribution in [2.75, 3.05) is 13.2 Å². The number of aliphatic hydroxyl groups excluding tert-OH is 9. The average Bonchev–Trinajstić information content (AvgIpc) is 3.45. The first kappa shape index (κ1) is 50.5. The van der Waals surface area contributed by atoms with Crippen molar-refractivity contribution in [1.82, 2.24) is 0 Å². The number of aliphatic hydroxyl groups is 10. The summed E-state index contributed by atoms with van der Waals surface area (Å²) in [5, 5.41) is 120. The SMILES string of the molecule is C[C@H](CCC(OC(O)/C(OO)=C(/O)C(O)CCOO)C(C)(C)O)[C@H]1CC[C@@]2(C)C3CC=C4C(CC[C@H](OC(O)OC(O)/C(O)=C(\O)C(O)CCO)C4(C)C)C3(C)CC[C@]12C. The molecule has 60 heavy (non-hydrogen) atoms. The minimum atomic E-state index is -2.18. The van der Waals surface area contributed by atoms with Crippen molar-refractivity contribution in [3.63, 3.8) is 0 Å². The van der Waals surface area contributed by atoms with E-state index >= 15 is 0 Å². The molecule has 4 rings (SSSR count). The Labute approximate surface area is 353 Å². The molecule has 348 valence electrons. The van der Waals surface area contributed by atoms with E-state index in [9.17, 15) is 51.2 Å². The average molecular weight is 863 g/mol. The zero-order chi connectivity index (χ0) is 45.2. The van der Waals surface area contributed by atoms with Gasteiger partial charge in [-0.15, -0.1) is 0 Å². The van der Waals surface area contributed by atoms with Crippen molar-refractivity contribution in [3.05, 3.63) is 34.7 Å². The molecule has 0 aromatic carbocycles. The predicted molar refractivity (Wildman–Crippen MR) is 215 cm³/mol. The third-order valence-electron chi connectivity index (χ3n) is 15.6. The van der Waals surface area contributed by atoms with E-state index in [-0.39, 0.29) is 47.5 Å². The maximum atomic E-state index is 11.1. The van der Waals surface area contributed by atoms with Crippen molar-refractivity contribution < 1.29 is 85.6 Å². The quantitative estimate of drug-likeness (QED) is 0.0236. The topological polar surface area (TPSA) is 289 Å². The summed E-state index contributed by atoms with van der Waals surface area (Å²) in [4.78, 5) is 8.10. The number of allylic oxidation sites excluding steroid dienone is 1. The van der Waals surface area contributed by atoms with E-state index in [1.54, 1.807) is 13.8 Å². The normalized spacial score (nSPS) is 34.6. The standard InChI is InChI=1S/C43H74O17/c1-23(9-13-31(40(4,5)53)57-37(51)35(60-55)33(48)28(46)17-22-56-54)24-15-18-43(8)29-12-10-25-26(41(29,6)19-20-42(24,43)7)11-14-30(39(25,2)3)58-38(52)59-36(50)34(49)32(47)27(45)16-21-44/h10,23-24,26-31,36-38,44-55H,9,11-22H2,1-8H3/b34-32+,35-33-/t23-,24-,26?,27?,28?,29?,30+,31?,36?,37?,38?,41?,42-,43+/m1/s1. The Morgan fingerprint density at radius 2 is 1.43 bits per heavy atom. The van der Waals surface area contributed by atoms with E-state index in [0.717, 1.165) is 38.5 Å². The van der Waals surface area contributed by atoms with Gasteiger partial charge in [0, 0.05) is 24.9 Å². The maximum absolute atomic E-state index is 11.1. The Bertz CT molecular complexity index is 1520. The molecule has 9 unspecified atom stereocenters. The lowest BCUT2D eigenvalue weighted by Crippen LogP contribution is -2.59. The molecular weight excluding hydrogens is 788 g/mol. The second kappa shape index (κ2) is 19.7. The highest BCUT2D eigenvalue weighted by molar-refractivity contribution is 5.30. The van der Waals surface area contributed by atoms with Gasteiger partial charge in [0.2, 0.25) is 18.3 Å². The monoisotopic (exact) mass is 862 g/mol. The van der Waals surface area contributed by atoms with E-state index in [0.29, 0.717) is 31.1 Å². The molecule has 3 saturated carbocycles. The summed E-state index contributed by atoms with van der Waals surface area (Å²) in [5.74, 6) is -2.58. The highest BCUT2D eigenvalue weighted by Crippen LogP contribution is 2.75. The summed E-state index contributed by atoms with van der Waals surface area (Å²) in [6.07, 6.45) is 0.297. The van der Waals surface area contributed by atoms with Crippen LogP contribution in [0.5, 0.6) is 0 Å². The van der Waals surface area contributed by atoms with Crippen LogP contribution in [0.2, 0.25) is 0 Å². The van der Waals surface area contributed by atoms with Gasteiger partial charge in [-0.05, 0) is 112 Å². The fourth-order valence-electron chi connectivity index (χ4n) is 11.9. The first-order chi connectivity index (χ1) is 27.8. The fourth-order valence-corrected chi connectivity index (χ4v) is 11.9. The molecule has 0 aliphatic heterocycles. The summed E-state index contributed by atoms with van der Waals surface area (Å²) in [5.41, 5.74) is -0.670. The van der Waals surface area contributed by atoms with Crippen LogP contribution in [-0.2, 0) is 24.0 Å². The highest BCUT2D eigenvalue weighted by atomic mass is 17.1. The van der Waals surface area contributed by atoms with Gasteiger partial charge in [-0.3, -0.25) is 9.99 Å². The van der Waals surface area contributed by atoms with Gasteiger partial charge in [-0.2, -0.15) is 0 Å². The molecular formula is C43H74O17. The Morgan fingerprint density at radius 1 is 0.783 bits per heavy atom. The first-order valence-electron chi connectivity index (χ1n) is 21.4. The maximum Gasteiger partial charge on any atom is 0.271 e. The summed E-state index contributed by atoms with van der Waals surface area (Å²) < 4.78 is 16.8. The zero-order valence-electron chi connectivity index (χ0n) is 36.5. The van der Waals surface area contributed by atoms with Crippen LogP contribution in [0.3, 0.4) is 0 Å². The molecule has 0 aromatic rings. The molecule has 3 fully saturated rings. The lowest BCUT2D eigenvalue weighted by Gasteiger charge is -2.66. The van der Waals surface area contributed by atoms with Crippen LogP contribution in [0.4, 0.5) is 0 Å². The van der Waals surface area contributed by atoms with Gasteiger partial charge in [0.15, 0.2) is 17.3 Å². The third-order valence-corrected chi connectivity index (χ3v) is 15.6. The molecule has 17 nitrogen and oxygen atoms in total. The van der Waals surface area contributed by atoms with Crippen molar-refractivity contribution in [2.45, 2.75) is 175 Å². The van der Waals surface area contributed by atoms with E-state index in [2.05, 4.69) is 57.4 Å². The van der Waals surface area contributed by atoms with Gasteiger partial charge in [-0.25, -0.2) is 10.1 Å². The van der Waals surface area contributed by atoms with E-state index in [4.69, 9.17) is 24.6 Å². The fraction of sp³-hybridized carbons (Fsp3) is 0.860. The third kappa shape index (κ3) is 9.98. The second-order valence-electron chi connectivity index (χ2n) is 19.7. The largest absolute Gasteiger partial charge is 0.506 e. The van der Waals surface area contributed by atoms with Gasteiger partial charge >= 0.3 is 0 Å². The molecule has 0 heterocycles. The van der Waals surface area contributed by atoms with Gasteiger partial charge < -0.3 is 65.4 Å². The van der Waals surface area contributed by atoms with Crippen LogP contribution in [0.25, 0.3) is 0 Å². The summed E-state index contributed by atoms with van der Waals surface area (Å²) >= 11 is 0. The molecule has 4 aliphatic rings. The molecule has 0 bridgehead atoms. The lowest BCUT2D eigenvalue weighted by atomic mass is 9.39. The van der Waals surface area contributed by atoms with Crippen molar-refractivity contribution in [3.8, 4) is 0 Å². The van der Waals surface area contributed by atoms with Gasteiger partial charge in [0.05, 0.1) is 24.4 Å². The van der Waals surface area contributed by atoms with Crippen molar-refractivity contribution >= 4 is 0 Å². The zero-order valence-corrected chi connectivity index (χ0v) is 36.5. The second-order valence-corrected chi connectivity index (χ2v) is 19.7. The van der Waals surface area contributed by atoms with Crippen LogP contribution < -0.4 is 0 Å². The molecule has 4 aliphatic carbocycles. The molecule has 0 saturated heterocycles. The summed E-state index contributed by atoms with van der Waals surface area (Å²) in [6.45, 7) is 14.0. The Morgan fingerprint density at radius 3 is 2.03 bits per heavy atom. The van der Waals surface area contributed by atoms with Gasteiger partial charge in [0.1, 0.15) is 12.2 Å². The van der Waals surface area contributed by atoms with E-state index in [1.165, 1.54) is 5.57 Å². The summed E-state index contributed by atoms with van der Waals surface area (Å²) in [6, 6.07) is 0. The number of hydrogen-bond donors (Lipinski definition) is 12. The van der Waals surface area contributed by atoms with Gasteiger partial charge in [0.25, 0.3) is 6.48 Å². The number of ether oxygens (including phenoxy) is 3. The number of hydrogen-bond acceptors (Lipinski definition) is 17. The Hall–Kier alpha value is -2.10. The van der Waals surface area contributed by atoms with Crippen LogP contribution >= 0.6 is 0 Å². The van der Waals surface area contributed by atoms with E-state index < -0.39 is 84.1 Å². The Balaban J connectivity index is 1.46. The van der Waals surface area contributed by atoms with E-state index in [1.807, 2.05) is 0 Å². The van der Waals surface area contributed by atoms with Crippen LogP contribution in [-0.4, -0.2) is 124 Å². The number of rotatable bonds is 21. The van der Waals surface area contributed by atoms with Crippen molar-refractivity contribution in [1.29, 1.82) is 0 Å². The smallest absolute Gasteiger partial charge is 0.271 e. The predicted octanol–water partition coefficient (Wildman–Crippen LogP) is 5.05. The van der Waals surface area contributed by atoms with Crippen LogP contribution in [0.15, 0.2) is 34.7 Å². The molecule has 14 atom stereocenters. The molecule has 0 amide bonds. The van der Waals surface area contributed by atoms with Crippen LogP contribution in [0.1, 0.15) is 126 Å². The first-order valence-corrected chi connectivity index (χ1v) is 21.4. The summed E-state index contributed by atoms with van der Waals surface area (Å²) in [7, 11) is 0. The number of fused-ring (bicyclic) bond motifs is 5. The molecule has 12 N–H and O–H groups in total. The van der Waals surface area contributed by atoms with Gasteiger partial charge in [-0.1, -0.05) is 53.2 Å². The highest BCUT2D eigenvalue weighted by Gasteiger charge is 2.67. The minimum absolute atomic E-state index is 0.00617. The molecule has 0 aromatic heterocycles. The molecule has 17 heteroatoms. The lowest BCUT2D eigenvalue weighted by molar-refractivity contribution is -0.336.